The monoisotopic (exact) mass is 138 g/mol. The summed E-state index contributed by atoms with van der Waals surface area (Å²) in [4.78, 5) is 10.1. The lowest BCUT2D eigenvalue weighted by Crippen LogP contribution is -2.36. The van der Waals surface area contributed by atoms with E-state index in [1.165, 1.54) is 0 Å². The molecule has 1 aromatic rings. The minimum Gasteiger partial charge on any atom is -0.477 e. The summed E-state index contributed by atoms with van der Waals surface area (Å²) in [6, 6.07) is 5.43. The third-order valence-corrected chi connectivity index (χ3v) is 1.10. The van der Waals surface area contributed by atoms with E-state index in [4.69, 9.17) is 5.11 Å². The highest BCUT2D eigenvalue weighted by atomic mass is 16.4. The van der Waals surface area contributed by atoms with Gasteiger partial charge in [0.05, 0.1) is 0 Å². The van der Waals surface area contributed by atoms with Gasteiger partial charge in [-0.1, -0.05) is 6.07 Å². The van der Waals surface area contributed by atoms with E-state index in [0.717, 1.165) is 0 Å². The van der Waals surface area contributed by atoms with Crippen molar-refractivity contribution in [2.24, 2.45) is 0 Å². The van der Waals surface area contributed by atoms with Crippen molar-refractivity contribution in [1.29, 1.82) is 0 Å². The molecule has 3 nitrogen and oxygen atoms in total. The van der Waals surface area contributed by atoms with Crippen molar-refractivity contribution in [3.63, 3.8) is 0 Å². The van der Waals surface area contributed by atoms with Crippen LogP contribution in [-0.4, -0.2) is 11.1 Å². The number of rotatable bonds is 2. The molecule has 1 heterocycles. The Morgan fingerprint density at radius 3 is 2.40 bits per heavy atom. The fourth-order valence-corrected chi connectivity index (χ4v) is 0.696. The summed E-state index contributed by atoms with van der Waals surface area (Å²) in [6.45, 7) is 0.0286. The van der Waals surface area contributed by atoms with Crippen LogP contribution in [0.3, 0.4) is 0 Å². The first-order valence-electron chi connectivity index (χ1n) is 2.95. The highest BCUT2D eigenvalue weighted by Gasteiger charge is 2.03. The molecule has 1 N–H and O–H groups in total. The maximum atomic E-state index is 10.1. The zero-order chi connectivity index (χ0) is 7.40. The Hall–Kier alpha value is -1.38. The number of aromatic nitrogens is 1. The second-order valence-corrected chi connectivity index (χ2v) is 1.94. The van der Waals surface area contributed by atoms with Gasteiger partial charge in [0, 0.05) is 12.1 Å². The summed E-state index contributed by atoms with van der Waals surface area (Å²) in [5.74, 6) is -0.823. The van der Waals surface area contributed by atoms with Gasteiger partial charge in [0.15, 0.2) is 12.4 Å². The van der Waals surface area contributed by atoms with Crippen molar-refractivity contribution in [3.8, 4) is 0 Å². The van der Waals surface area contributed by atoms with E-state index in [9.17, 15) is 4.79 Å². The molecule has 0 saturated heterocycles. The SMILES string of the molecule is O=C(O)C[n+]1ccccc1. The van der Waals surface area contributed by atoms with Gasteiger partial charge < -0.3 is 5.11 Å². The van der Waals surface area contributed by atoms with Crippen molar-refractivity contribution < 1.29 is 14.5 Å². The van der Waals surface area contributed by atoms with Crippen molar-refractivity contribution >= 4 is 5.97 Å². The van der Waals surface area contributed by atoms with E-state index >= 15 is 0 Å². The molecule has 0 saturated carbocycles. The molecule has 3 heteroatoms. The average molecular weight is 138 g/mol. The quantitative estimate of drug-likeness (QED) is 0.587. The summed E-state index contributed by atoms with van der Waals surface area (Å²) in [5.41, 5.74) is 0. The van der Waals surface area contributed by atoms with Crippen LogP contribution in [-0.2, 0) is 11.3 Å². The molecule has 0 bridgehead atoms. The molecule has 1 aromatic heterocycles. The van der Waals surface area contributed by atoms with Gasteiger partial charge in [0.1, 0.15) is 0 Å². The summed E-state index contributed by atoms with van der Waals surface area (Å²) in [7, 11) is 0. The van der Waals surface area contributed by atoms with E-state index in [2.05, 4.69) is 0 Å². The largest absolute Gasteiger partial charge is 0.477 e. The average Bonchev–Trinajstić information content (AvgIpc) is 1.88. The Morgan fingerprint density at radius 2 is 1.90 bits per heavy atom. The molecule has 0 unspecified atom stereocenters. The summed E-state index contributed by atoms with van der Waals surface area (Å²) >= 11 is 0. The summed E-state index contributed by atoms with van der Waals surface area (Å²) < 4.78 is 1.60. The van der Waals surface area contributed by atoms with E-state index < -0.39 is 5.97 Å². The molecule has 0 aliphatic rings. The number of carbonyl (C=O) groups is 1. The highest BCUT2D eigenvalue weighted by Crippen LogP contribution is 1.76. The van der Waals surface area contributed by atoms with Crippen LogP contribution < -0.4 is 4.57 Å². The molecule has 10 heavy (non-hydrogen) atoms. The van der Waals surface area contributed by atoms with Gasteiger partial charge in [-0.25, -0.2) is 4.79 Å². The van der Waals surface area contributed by atoms with Gasteiger partial charge in [0.2, 0.25) is 6.54 Å². The highest BCUT2D eigenvalue weighted by molar-refractivity contribution is 5.64. The molecule has 0 fully saturated rings. The normalized spacial score (nSPS) is 9.20. The third kappa shape index (κ3) is 1.85. The predicted molar refractivity (Wildman–Crippen MR) is 34.3 cm³/mol. The smallest absolute Gasteiger partial charge is 0.370 e. The second kappa shape index (κ2) is 2.96. The first kappa shape index (κ1) is 6.74. The number of pyridine rings is 1. The van der Waals surface area contributed by atoms with E-state index in [1.807, 2.05) is 6.07 Å². The second-order valence-electron chi connectivity index (χ2n) is 1.94. The number of nitrogens with zero attached hydrogens (tertiary/aromatic N) is 1. The minimum absolute atomic E-state index is 0.0286. The molecule has 0 atom stereocenters. The number of aliphatic carboxylic acids is 1. The first-order chi connectivity index (χ1) is 4.79. The predicted octanol–water partition coefficient (Wildman–Crippen LogP) is 0.0587. The topological polar surface area (TPSA) is 41.2 Å². The standard InChI is InChI=1S/C7H7NO2/c9-7(10)6-8-4-2-1-3-5-8/h1-5H,6H2/p+1. The molecular formula is C7H8NO2+. The van der Waals surface area contributed by atoms with Crippen molar-refractivity contribution in [3.05, 3.63) is 30.6 Å². The van der Waals surface area contributed by atoms with Crippen molar-refractivity contribution in [1.82, 2.24) is 0 Å². The number of hydrogen-bond donors (Lipinski definition) is 1. The zero-order valence-electron chi connectivity index (χ0n) is 5.40. The number of hydrogen-bond acceptors (Lipinski definition) is 1. The van der Waals surface area contributed by atoms with E-state index in [1.54, 1.807) is 29.1 Å². The summed E-state index contributed by atoms with van der Waals surface area (Å²) in [6.07, 6.45) is 3.43. The lowest BCUT2D eigenvalue weighted by molar-refractivity contribution is -0.685. The maximum absolute atomic E-state index is 10.1. The molecule has 0 aromatic carbocycles. The molecule has 0 aliphatic heterocycles. The molecule has 52 valence electrons. The molecule has 0 spiro atoms. The third-order valence-electron chi connectivity index (χ3n) is 1.10. The van der Waals surface area contributed by atoms with Gasteiger partial charge in [-0.2, -0.15) is 4.57 Å². The molecule has 0 aliphatic carbocycles. The lowest BCUT2D eigenvalue weighted by Gasteiger charge is -1.87. The molecule has 1 rings (SSSR count). The maximum Gasteiger partial charge on any atom is 0.370 e. The van der Waals surface area contributed by atoms with Crippen LogP contribution in [0.2, 0.25) is 0 Å². The van der Waals surface area contributed by atoms with Crippen molar-refractivity contribution in [2.75, 3.05) is 0 Å². The van der Waals surface area contributed by atoms with Crippen LogP contribution in [0.15, 0.2) is 30.6 Å². The van der Waals surface area contributed by atoms with Gasteiger partial charge in [-0.05, 0) is 0 Å². The molecule has 0 radical (unpaired) electrons. The Labute approximate surface area is 58.5 Å². The van der Waals surface area contributed by atoms with Crippen LogP contribution >= 0.6 is 0 Å². The lowest BCUT2D eigenvalue weighted by atomic mass is 10.5. The van der Waals surface area contributed by atoms with Crippen molar-refractivity contribution in [2.45, 2.75) is 6.54 Å². The number of carboxylic acids is 1. The van der Waals surface area contributed by atoms with E-state index in [-0.39, 0.29) is 6.54 Å². The van der Waals surface area contributed by atoms with Crippen LogP contribution in [0, 0.1) is 0 Å². The molecule has 0 amide bonds. The number of carboxylic acid groups (broad SMARTS) is 1. The van der Waals surface area contributed by atoms with Gasteiger partial charge in [0.25, 0.3) is 0 Å². The van der Waals surface area contributed by atoms with Gasteiger partial charge >= 0.3 is 5.97 Å². The minimum atomic E-state index is -0.823. The Bertz CT molecular complexity index is 220. The van der Waals surface area contributed by atoms with Crippen LogP contribution in [0.25, 0.3) is 0 Å². The van der Waals surface area contributed by atoms with Gasteiger partial charge in [-0.15, -0.1) is 0 Å². The van der Waals surface area contributed by atoms with E-state index in [0.29, 0.717) is 0 Å². The first-order valence-corrected chi connectivity index (χ1v) is 2.95. The Balaban J connectivity index is 2.67. The van der Waals surface area contributed by atoms with Gasteiger partial charge in [-0.3, -0.25) is 0 Å². The Kier molecular flexibility index (Phi) is 1.99. The molecular weight excluding hydrogens is 130 g/mol. The Morgan fingerprint density at radius 1 is 1.30 bits per heavy atom. The zero-order valence-corrected chi connectivity index (χ0v) is 5.40. The van der Waals surface area contributed by atoms with Crippen LogP contribution in [0.4, 0.5) is 0 Å². The summed E-state index contributed by atoms with van der Waals surface area (Å²) in [5, 5.41) is 8.35. The van der Waals surface area contributed by atoms with Crippen LogP contribution in [0.1, 0.15) is 0 Å². The fraction of sp³-hybridized carbons (Fsp3) is 0.143. The van der Waals surface area contributed by atoms with Crippen LogP contribution in [0.5, 0.6) is 0 Å². The fourth-order valence-electron chi connectivity index (χ4n) is 0.696.